The summed E-state index contributed by atoms with van der Waals surface area (Å²) in [6.07, 6.45) is 0. The van der Waals surface area contributed by atoms with E-state index in [4.69, 9.17) is 19.7 Å². The van der Waals surface area contributed by atoms with Crippen LogP contribution in [0, 0.1) is 27.5 Å². The number of Topliss-reactive ketones (excluding diaryl/α,β-unsaturated/α-hetero) is 1. The Balaban J connectivity index is 2.16. The molecule has 2 N–H and O–H groups in total. The van der Waals surface area contributed by atoms with Gasteiger partial charge in [-0.15, -0.1) is 11.3 Å². The molecule has 0 spiro atoms. The third kappa shape index (κ3) is 4.14. The molecule has 8 nitrogen and oxygen atoms in total. The predicted molar refractivity (Wildman–Crippen MR) is 115 cm³/mol. The number of hydrogen-bond acceptors (Lipinski definition) is 7. The smallest absolute Gasteiger partial charge is 0.267 e. The number of carbonyl (C=O) groups excluding carboxylic acids is 2. The van der Waals surface area contributed by atoms with Crippen molar-refractivity contribution in [2.75, 3.05) is 10.0 Å². The largest absolute Gasteiger partial charge is 0.337 e. The van der Waals surface area contributed by atoms with Gasteiger partial charge in [0.25, 0.3) is 15.9 Å². The SMILES string of the molecule is [2H]N(C(=O)c1sccc1S(=O)(=O)N([2H])c1onc(C([2H])([2H])[2H])c1C)c1c(C(C)=O)cc(C([2H])([2H])[2H])cc1C([2H])([2H])[2H]. The Morgan fingerprint density at radius 3 is 2.70 bits per heavy atom. The number of aromatic nitrogens is 1. The van der Waals surface area contributed by atoms with Gasteiger partial charge in [-0.1, -0.05) is 11.2 Å². The summed E-state index contributed by atoms with van der Waals surface area (Å²) in [5, 5.41) is 4.44. The maximum absolute atomic E-state index is 13.5. The Morgan fingerprint density at radius 2 is 2.07 bits per heavy atom. The Bertz CT molecular complexity index is 1620. The molecule has 0 fully saturated rings. The third-order valence-electron chi connectivity index (χ3n) is 3.91. The molecular weight excluding hydrogens is 426 g/mol. The van der Waals surface area contributed by atoms with Gasteiger partial charge in [0, 0.05) is 23.5 Å². The lowest BCUT2D eigenvalue weighted by Crippen LogP contribution is -2.20. The summed E-state index contributed by atoms with van der Waals surface area (Å²) < 4.78 is 117. The fourth-order valence-electron chi connectivity index (χ4n) is 2.40. The van der Waals surface area contributed by atoms with Gasteiger partial charge in [-0.3, -0.25) is 9.59 Å². The molecule has 0 unspecified atom stereocenters. The predicted octanol–water partition coefficient (Wildman–Crippen LogP) is 4.23. The van der Waals surface area contributed by atoms with Crippen molar-refractivity contribution >= 4 is 44.6 Å². The normalized spacial score (nSPS) is 18.0. The van der Waals surface area contributed by atoms with Crippen molar-refractivity contribution in [2.45, 2.75) is 39.3 Å². The minimum atomic E-state index is -4.98. The van der Waals surface area contributed by atoms with E-state index in [1.165, 1.54) is 6.92 Å². The summed E-state index contributed by atoms with van der Waals surface area (Å²) in [7, 11) is -4.98. The number of thiophene rings is 1. The zero-order valence-electron chi connectivity index (χ0n) is 26.5. The van der Waals surface area contributed by atoms with E-state index >= 15 is 0 Å². The molecule has 30 heavy (non-hydrogen) atoms. The molecule has 0 bridgehead atoms. The molecular formula is C20H21N3O5S2. The summed E-state index contributed by atoms with van der Waals surface area (Å²) in [6.45, 7) is -6.60. The molecule has 0 saturated carbocycles. The Kier molecular flexibility index (Phi) is 3.06. The van der Waals surface area contributed by atoms with Crippen molar-refractivity contribution in [1.29, 1.82) is 0 Å². The molecule has 1 amide bonds. The van der Waals surface area contributed by atoms with Crippen molar-refractivity contribution < 1.29 is 37.7 Å². The first-order chi connectivity index (χ1) is 18.5. The Hall–Kier alpha value is -2.98. The highest BCUT2D eigenvalue weighted by Gasteiger charge is 2.27. The molecule has 0 saturated heterocycles. The lowest BCUT2D eigenvalue weighted by molar-refractivity contribution is 0.101. The van der Waals surface area contributed by atoms with E-state index in [1.807, 2.05) is 0 Å². The molecule has 3 aromatic rings. The van der Waals surface area contributed by atoms with Crippen molar-refractivity contribution in [3.8, 4) is 0 Å². The molecule has 0 aliphatic heterocycles. The molecule has 3 rings (SSSR count). The zero-order valence-corrected chi connectivity index (χ0v) is 17.1. The van der Waals surface area contributed by atoms with E-state index in [9.17, 15) is 18.0 Å². The average Bonchev–Trinajstić information content (AvgIpc) is 3.47. The second kappa shape index (κ2) is 8.04. The molecule has 0 aliphatic rings. The van der Waals surface area contributed by atoms with Gasteiger partial charge < -0.3 is 9.83 Å². The van der Waals surface area contributed by atoms with E-state index in [1.54, 1.807) is 0 Å². The quantitative estimate of drug-likeness (QED) is 0.534. The molecule has 2 aromatic heterocycles. The van der Waals surface area contributed by atoms with Gasteiger partial charge >= 0.3 is 0 Å². The van der Waals surface area contributed by atoms with Gasteiger partial charge in [0.15, 0.2) is 8.61 Å². The van der Waals surface area contributed by atoms with Crippen LogP contribution in [0.4, 0.5) is 11.6 Å². The van der Waals surface area contributed by atoms with Crippen LogP contribution < -0.4 is 10.0 Å². The van der Waals surface area contributed by atoms with Gasteiger partial charge in [0.05, 0.1) is 11.4 Å². The van der Waals surface area contributed by atoms with Crippen molar-refractivity contribution in [3.05, 3.63) is 56.4 Å². The topological polar surface area (TPSA) is 118 Å². The minimum Gasteiger partial charge on any atom is -0.337 e. The molecule has 1 aromatic carbocycles. The monoisotopic (exact) mass is 458 g/mol. The lowest BCUT2D eigenvalue weighted by atomic mass is 10.0. The van der Waals surface area contributed by atoms with Gasteiger partial charge in [0.2, 0.25) is 5.88 Å². The number of rotatable bonds is 6. The number of carbonyl (C=O) groups is 2. The fraction of sp³-hybridized carbons (Fsp3) is 0.250. The van der Waals surface area contributed by atoms with E-state index in [-0.39, 0.29) is 15.6 Å². The molecule has 10 heteroatoms. The van der Waals surface area contributed by atoms with Crippen LogP contribution in [-0.2, 0) is 10.0 Å². The maximum atomic E-state index is 13.5. The van der Waals surface area contributed by atoms with E-state index < -0.39 is 86.0 Å². The highest BCUT2D eigenvalue weighted by Crippen LogP contribution is 2.29. The van der Waals surface area contributed by atoms with E-state index in [2.05, 4.69) is 5.16 Å². The Labute approximate surface area is 193 Å². The molecule has 158 valence electrons. The van der Waals surface area contributed by atoms with E-state index in [0.717, 1.165) is 30.5 Å². The first-order valence-corrected chi connectivity index (χ1v) is 10.4. The van der Waals surface area contributed by atoms with Gasteiger partial charge in [-0.25, -0.2) is 13.1 Å². The summed E-state index contributed by atoms with van der Waals surface area (Å²) in [5.74, 6) is -3.06. The molecule has 0 aliphatic carbocycles. The number of nitrogens with zero attached hydrogens (tertiary/aromatic N) is 1. The number of sulfonamides is 1. The van der Waals surface area contributed by atoms with Gasteiger partial charge in [-0.2, -0.15) is 0 Å². The van der Waals surface area contributed by atoms with Crippen LogP contribution in [0.3, 0.4) is 0 Å². The van der Waals surface area contributed by atoms with Crippen LogP contribution in [0.25, 0.3) is 0 Å². The highest BCUT2D eigenvalue weighted by atomic mass is 32.2. The van der Waals surface area contributed by atoms with Crippen LogP contribution in [0.15, 0.2) is 33.0 Å². The van der Waals surface area contributed by atoms with Crippen LogP contribution in [0.5, 0.6) is 0 Å². The third-order valence-corrected chi connectivity index (χ3v) is 6.24. The van der Waals surface area contributed by atoms with Gasteiger partial charge in [0.1, 0.15) is 9.77 Å². The maximum Gasteiger partial charge on any atom is 0.267 e. The standard InChI is InChI=1S/C20H21N3O5S2/c1-10-8-11(2)17(15(9-10)14(5)24)21-19(25)18-16(6-7-29-18)30(26,27)23-20-12(3)13(4)22-28-20/h6-9,23H,1-5H3,(H,21,25)/i1D3,2D3,4D3/hD2. The summed E-state index contributed by atoms with van der Waals surface area (Å²) in [5.41, 5.74) is -3.56. The zero-order chi connectivity index (χ0) is 31.5. The number of amides is 1. The lowest BCUT2D eigenvalue weighted by Gasteiger charge is -2.14. The number of anilines is 2. The van der Waals surface area contributed by atoms with Crippen LogP contribution in [-0.4, -0.2) is 25.3 Å². The Morgan fingerprint density at radius 1 is 1.27 bits per heavy atom. The number of hydrogen-bond donors (Lipinski definition) is 2. The first-order valence-electron chi connectivity index (χ1n) is 13.5. The second-order valence-corrected chi connectivity index (χ2v) is 8.52. The number of nitrogens with one attached hydrogen (secondary N) is 2. The summed E-state index contributed by atoms with van der Waals surface area (Å²) >= 11 is 0.517. The molecule has 0 radical (unpaired) electrons. The summed E-state index contributed by atoms with van der Waals surface area (Å²) in [4.78, 5) is 24.4. The number of aryl methyl sites for hydroxylation is 3. The number of ketones is 1. The van der Waals surface area contributed by atoms with Crippen LogP contribution in [0.2, 0.25) is 2.82 Å². The minimum absolute atomic E-state index is 0.0205. The van der Waals surface area contributed by atoms with Gasteiger partial charge in [-0.05, 0) is 63.0 Å². The van der Waals surface area contributed by atoms with E-state index in [0.29, 0.717) is 11.3 Å². The van der Waals surface area contributed by atoms with Crippen LogP contribution >= 0.6 is 11.3 Å². The van der Waals surface area contributed by atoms with Crippen LogP contribution in [0.1, 0.15) is 61.7 Å². The fourth-order valence-corrected chi connectivity index (χ4v) is 4.67. The molecule has 0 atom stereocenters. The number of benzene rings is 1. The van der Waals surface area contributed by atoms with Crippen molar-refractivity contribution in [2.24, 2.45) is 0 Å². The first kappa shape index (κ1) is 11.4. The van der Waals surface area contributed by atoms with Crippen molar-refractivity contribution in [1.82, 2.24) is 5.16 Å². The van der Waals surface area contributed by atoms with Crippen molar-refractivity contribution in [3.63, 3.8) is 0 Å². The second-order valence-electron chi connectivity index (χ2n) is 6.03. The average molecular weight is 459 g/mol. The molecule has 2 heterocycles. The highest BCUT2D eigenvalue weighted by molar-refractivity contribution is 7.93. The summed E-state index contributed by atoms with van der Waals surface area (Å²) in [6, 6.07) is 2.48.